The molecule has 4 rings (SSSR count). The summed E-state index contributed by atoms with van der Waals surface area (Å²) in [5.74, 6) is 0. The van der Waals surface area contributed by atoms with Gasteiger partial charge in [-0.3, -0.25) is 0 Å². The third-order valence-electron chi connectivity index (χ3n) is 4.73. The van der Waals surface area contributed by atoms with E-state index in [0.717, 1.165) is 31.2 Å². The van der Waals surface area contributed by atoms with E-state index in [1.807, 2.05) is 0 Å². The molecule has 2 heterocycles. The Kier molecular flexibility index (Phi) is 1.98. The molecule has 17 heavy (non-hydrogen) atoms. The third-order valence-corrected chi connectivity index (χ3v) is 4.73. The number of aryl methyl sites for hydroxylation is 2. The van der Waals surface area contributed by atoms with Crippen molar-refractivity contribution in [2.75, 3.05) is 0 Å². The highest BCUT2D eigenvalue weighted by molar-refractivity contribution is 5.41. The molecule has 2 aliphatic heterocycles. The van der Waals surface area contributed by atoms with Crippen molar-refractivity contribution in [2.45, 2.75) is 56.3 Å². The first-order valence-electron chi connectivity index (χ1n) is 6.73. The van der Waals surface area contributed by atoms with Gasteiger partial charge in [0.15, 0.2) is 0 Å². The fraction of sp³-hybridized carbons (Fsp3) is 0.600. The molecular weight excluding hydrogens is 212 g/mol. The van der Waals surface area contributed by atoms with Crippen LogP contribution >= 0.6 is 0 Å². The Morgan fingerprint density at radius 1 is 1.06 bits per heavy atom. The van der Waals surface area contributed by atoms with Crippen molar-refractivity contribution in [1.29, 1.82) is 0 Å². The Hall–Kier alpha value is -0.860. The molecule has 0 aromatic heterocycles. The Labute approximate surface area is 102 Å². The predicted octanol–water partition coefficient (Wildman–Crippen LogP) is 2.31. The van der Waals surface area contributed by atoms with Gasteiger partial charge in [0.25, 0.3) is 0 Å². The van der Waals surface area contributed by atoms with Crippen LogP contribution in [0.25, 0.3) is 0 Å². The van der Waals surface area contributed by atoms with E-state index < -0.39 is 5.60 Å². The van der Waals surface area contributed by atoms with E-state index in [-0.39, 0.29) is 12.2 Å². The van der Waals surface area contributed by atoms with Crippen LogP contribution in [0, 0.1) is 0 Å². The number of hydrogen-bond acceptors (Lipinski definition) is 2. The lowest BCUT2D eigenvalue weighted by Gasteiger charge is -2.37. The summed E-state index contributed by atoms with van der Waals surface area (Å²) in [5, 5.41) is 10.9. The normalized spacial score (nSPS) is 38.6. The molecule has 0 saturated carbocycles. The van der Waals surface area contributed by atoms with Gasteiger partial charge in [-0.1, -0.05) is 18.2 Å². The summed E-state index contributed by atoms with van der Waals surface area (Å²) in [5.41, 5.74) is 3.40. The Morgan fingerprint density at radius 3 is 2.35 bits per heavy atom. The molecule has 1 aromatic rings. The first-order valence-corrected chi connectivity index (χ1v) is 6.73. The van der Waals surface area contributed by atoms with Crippen LogP contribution < -0.4 is 0 Å². The van der Waals surface area contributed by atoms with E-state index in [4.69, 9.17) is 4.74 Å². The molecule has 0 amide bonds. The highest BCUT2D eigenvalue weighted by atomic mass is 16.5. The molecule has 0 radical (unpaired) electrons. The minimum atomic E-state index is -0.630. The van der Waals surface area contributed by atoms with Crippen molar-refractivity contribution in [2.24, 2.45) is 0 Å². The minimum absolute atomic E-state index is 0.282. The fourth-order valence-corrected chi connectivity index (χ4v) is 3.64. The minimum Gasteiger partial charge on any atom is -0.385 e. The second-order valence-corrected chi connectivity index (χ2v) is 5.88. The van der Waals surface area contributed by atoms with Crippen LogP contribution in [-0.2, 0) is 23.2 Å². The standard InChI is InChI=1S/C15H18O2/c16-15(8-13-5-6-14(9-15)17-13)12-4-3-10-1-2-11(10)7-12/h3-4,7,13-14,16H,1-2,5-6,8-9H2. The summed E-state index contributed by atoms with van der Waals surface area (Å²) in [7, 11) is 0. The average molecular weight is 230 g/mol. The van der Waals surface area contributed by atoms with Crippen molar-refractivity contribution in [3.63, 3.8) is 0 Å². The van der Waals surface area contributed by atoms with Crippen molar-refractivity contribution in [3.05, 3.63) is 34.9 Å². The molecule has 2 fully saturated rings. The maximum atomic E-state index is 10.9. The van der Waals surface area contributed by atoms with Crippen LogP contribution in [0.4, 0.5) is 0 Å². The van der Waals surface area contributed by atoms with Crippen molar-refractivity contribution >= 4 is 0 Å². The summed E-state index contributed by atoms with van der Waals surface area (Å²) in [6.07, 6.45) is 6.76. The number of hydrogen-bond donors (Lipinski definition) is 1. The number of benzene rings is 1. The zero-order valence-corrected chi connectivity index (χ0v) is 9.98. The first-order chi connectivity index (χ1) is 8.23. The highest BCUT2D eigenvalue weighted by Gasteiger charge is 2.44. The molecule has 2 bridgehead atoms. The Bertz CT molecular complexity index is 454. The number of ether oxygens (including phenoxy) is 1. The molecule has 2 heteroatoms. The van der Waals surface area contributed by atoms with E-state index in [1.54, 1.807) is 0 Å². The highest BCUT2D eigenvalue weighted by Crippen LogP contribution is 2.44. The average Bonchev–Trinajstić information content (AvgIpc) is 2.60. The first kappa shape index (κ1) is 10.1. The van der Waals surface area contributed by atoms with Crippen molar-refractivity contribution in [3.8, 4) is 0 Å². The quantitative estimate of drug-likeness (QED) is 0.802. The van der Waals surface area contributed by atoms with Crippen LogP contribution in [0.15, 0.2) is 18.2 Å². The molecule has 0 spiro atoms. The van der Waals surface area contributed by atoms with Gasteiger partial charge in [0.2, 0.25) is 0 Å². The number of rotatable bonds is 1. The van der Waals surface area contributed by atoms with Crippen molar-refractivity contribution < 1.29 is 9.84 Å². The van der Waals surface area contributed by atoms with E-state index in [1.165, 1.54) is 24.0 Å². The van der Waals surface area contributed by atoms with Crippen LogP contribution in [0.5, 0.6) is 0 Å². The Balaban J connectivity index is 1.70. The van der Waals surface area contributed by atoms with Crippen LogP contribution in [0.3, 0.4) is 0 Å². The zero-order chi connectivity index (χ0) is 11.5. The van der Waals surface area contributed by atoms with Gasteiger partial charge in [0.1, 0.15) is 0 Å². The maximum Gasteiger partial charge on any atom is 0.0946 e. The summed E-state index contributed by atoms with van der Waals surface area (Å²) in [6, 6.07) is 6.55. The van der Waals surface area contributed by atoms with E-state index in [0.29, 0.717) is 0 Å². The second-order valence-electron chi connectivity index (χ2n) is 5.88. The van der Waals surface area contributed by atoms with E-state index in [9.17, 15) is 5.11 Å². The van der Waals surface area contributed by atoms with Gasteiger partial charge in [-0.15, -0.1) is 0 Å². The van der Waals surface area contributed by atoms with Crippen LogP contribution in [0.2, 0.25) is 0 Å². The van der Waals surface area contributed by atoms with Gasteiger partial charge in [-0.2, -0.15) is 0 Å². The molecule has 2 unspecified atom stereocenters. The van der Waals surface area contributed by atoms with E-state index >= 15 is 0 Å². The van der Waals surface area contributed by atoms with Crippen molar-refractivity contribution in [1.82, 2.24) is 0 Å². The molecular formula is C15H18O2. The Morgan fingerprint density at radius 2 is 1.76 bits per heavy atom. The monoisotopic (exact) mass is 230 g/mol. The number of aliphatic hydroxyl groups is 1. The molecule has 1 aliphatic carbocycles. The van der Waals surface area contributed by atoms with Gasteiger partial charge in [-0.05, 0) is 42.4 Å². The SMILES string of the molecule is OC1(c2ccc3c(c2)CC3)CC2CCC(C1)O2. The summed E-state index contributed by atoms with van der Waals surface area (Å²) < 4.78 is 5.82. The molecule has 1 aromatic carbocycles. The lowest BCUT2D eigenvalue weighted by Crippen LogP contribution is -2.38. The number of fused-ring (bicyclic) bond motifs is 3. The van der Waals surface area contributed by atoms with Crippen LogP contribution in [0.1, 0.15) is 42.4 Å². The summed E-state index contributed by atoms with van der Waals surface area (Å²) >= 11 is 0. The van der Waals surface area contributed by atoms with Gasteiger partial charge in [0, 0.05) is 12.8 Å². The molecule has 1 N–H and O–H groups in total. The zero-order valence-electron chi connectivity index (χ0n) is 9.98. The maximum absolute atomic E-state index is 10.9. The lowest BCUT2D eigenvalue weighted by molar-refractivity contribution is -0.115. The molecule has 2 atom stereocenters. The van der Waals surface area contributed by atoms with Gasteiger partial charge in [-0.25, -0.2) is 0 Å². The lowest BCUT2D eigenvalue weighted by atomic mass is 9.79. The van der Waals surface area contributed by atoms with E-state index in [2.05, 4.69) is 18.2 Å². The van der Waals surface area contributed by atoms with Gasteiger partial charge < -0.3 is 9.84 Å². The van der Waals surface area contributed by atoms with Crippen LogP contribution in [-0.4, -0.2) is 17.3 Å². The smallest absolute Gasteiger partial charge is 0.0946 e. The predicted molar refractivity (Wildman–Crippen MR) is 64.9 cm³/mol. The molecule has 2 nitrogen and oxygen atoms in total. The molecule has 90 valence electrons. The largest absolute Gasteiger partial charge is 0.385 e. The van der Waals surface area contributed by atoms with Gasteiger partial charge >= 0.3 is 0 Å². The molecule has 2 saturated heterocycles. The topological polar surface area (TPSA) is 29.5 Å². The summed E-state index contributed by atoms with van der Waals surface area (Å²) in [4.78, 5) is 0. The fourth-order valence-electron chi connectivity index (χ4n) is 3.64. The van der Waals surface area contributed by atoms with Gasteiger partial charge in [0.05, 0.1) is 17.8 Å². The second kappa shape index (κ2) is 3.33. The molecule has 3 aliphatic rings. The summed E-state index contributed by atoms with van der Waals surface area (Å²) in [6.45, 7) is 0. The third kappa shape index (κ3) is 1.47.